The molecule has 1 aliphatic heterocycles. The van der Waals surface area contributed by atoms with Gasteiger partial charge in [-0.05, 0) is 30.3 Å². The highest BCUT2D eigenvalue weighted by Gasteiger charge is 2.17. The predicted octanol–water partition coefficient (Wildman–Crippen LogP) is 3.10. The molecule has 0 amide bonds. The summed E-state index contributed by atoms with van der Waals surface area (Å²) in [4.78, 5) is 9.30. The van der Waals surface area contributed by atoms with E-state index in [1.807, 2.05) is 30.5 Å². The SMILES string of the molecule is Clc1cccc(N2CCN(CCc3ccccn3)CC2)c1. The van der Waals surface area contributed by atoms with Crippen LogP contribution in [0.3, 0.4) is 0 Å². The molecule has 1 fully saturated rings. The lowest BCUT2D eigenvalue weighted by atomic mass is 10.2. The predicted molar refractivity (Wildman–Crippen MR) is 88.0 cm³/mol. The zero-order chi connectivity index (χ0) is 14.5. The Bertz CT molecular complexity index is 565. The standard InChI is InChI=1S/C17H20ClN3/c18-15-4-3-6-17(14-15)21-12-10-20(11-13-21)9-7-16-5-1-2-8-19-16/h1-6,8,14H,7,9-13H2. The van der Waals surface area contributed by atoms with Crippen molar-refractivity contribution in [1.29, 1.82) is 0 Å². The van der Waals surface area contributed by atoms with Crippen LogP contribution in [0.4, 0.5) is 5.69 Å². The number of pyridine rings is 1. The molecule has 0 atom stereocenters. The first-order valence-corrected chi connectivity index (χ1v) is 7.82. The molecule has 110 valence electrons. The topological polar surface area (TPSA) is 19.4 Å². The van der Waals surface area contributed by atoms with E-state index in [2.05, 4.69) is 33.0 Å². The van der Waals surface area contributed by atoms with Crippen molar-refractivity contribution in [3.63, 3.8) is 0 Å². The van der Waals surface area contributed by atoms with Gasteiger partial charge in [-0.15, -0.1) is 0 Å². The third-order valence-electron chi connectivity index (χ3n) is 3.96. The Morgan fingerprint density at radius 1 is 1.00 bits per heavy atom. The Hall–Kier alpha value is -1.58. The summed E-state index contributed by atoms with van der Waals surface area (Å²) < 4.78 is 0. The van der Waals surface area contributed by atoms with E-state index in [1.54, 1.807) is 0 Å². The highest BCUT2D eigenvalue weighted by molar-refractivity contribution is 6.30. The molecule has 0 unspecified atom stereocenters. The van der Waals surface area contributed by atoms with Crippen LogP contribution in [0, 0.1) is 0 Å². The number of hydrogen-bond donors (Lipinski definition) is 0. The molecule has 1 aromatic heterocycles. The summed E-state index contributed by atoms with van der Waals surface area (Å²) in [6.45, 7) is 5.39. The van der Waals surface area contributed by atoms with E-state index in [0.717, 1.165) is 44.2 Å². The molecule has 3 nitrogen and oxygen atoms in total. The molecule has 1 aliphatic rings. The maximum atomic E-state index is 6.07. The fourth-order valence-electron chi connectivity index (χ4n) is 2.72. The summed E-state index contributed by atoms with van der Waals surface area (Å²) in [5.74, 6) is 0. The van der Waals surface area contributed by atoms with Gasteiger partial charge in [0, 0.05) is 61.7 Å². The molecular weight excluding hydrogens is 282 g/mol. The molecule has 1 saturated heterocycles. The van der Waals surface area contributed by atoms with Crippen molar-refractivity contribution < 1.29 is 0 Å². The molecule has 0 saturated carbocycles. The van der Waals surface area contributed by atoms with Crippen LogP contribution in [0.25, 0.3) is 0 Å². The number of nitrogens with zero attached hydrogens (tertiary/aromatic N) is 3. The van der Waals surface area contributed by atoms with Crippen LogP contribution in [0.2, 0.25) is 5.02 Å². The highest BCUT2D eigenvalue weighted by atomic mass is 35.5. The van der Waals surface area contributed by atoms with Crippen molar-refractivity contribution in [2.24, 2.45) is 0 Å². The normalized spacial score (nSPS) is 16.1. The highest BCUT2D eigenvalue weighted by Crippen LogP contribution is 2.20. The van der Waals surface area contributed by atoms with Crippen LogP contribution in [0.15, 0.2) is 48.7 Å². The quantitative estimate of drug-likeness (QED) is 0.865. The van der Waals surface area contributed by atoms with Gasteiger partial charge >= 0.3 is 0 Å². The molecule has 0 spiro atoms. The summed E-state index contributed by atoms with van der Waals surface area (Å²) in [5.41, 5.74) is 2.40. The minimum Gasteiger partial charge on any atom is -0.369 e. The van der Waals surface area contributed by atoms with Gasteiger partial charge < -0.3 is 4.90 Å². The first-order chi connectivity index (χ1) is 10.3. The van der Waals surface area contributed by atoms with Crippen molar-refractivity contribution in [1.82, 2.24) is 9.88 Å². The number of anilines is 1. The molecule has 3 rings (SSSR count). The summed E-state index contributed by atoms with van der Waals surface area (Å²) in [6, 6.07) is 14.2. The molecule has 0 bridgehead atoms. The Morgan fingerprint density at radius 3 is 2.57 bits per heavy atom. The molecule has 2 aromatic rings. The number of halogens is 1. The number of rotatable bonds is 4. The van der Waals surface area contributed by atoms with Gasteiger partial charge in [-0.3, -0.25) is 9.88 Å². The molecule has 2 heterocycles. The number of aromatic nitrogens is 1. The van der Waals surface area contributed by atoms with E-state index < -0.39 is 0 Å². The number of piperazine rings is 1. The van der Waals surface area contributed by atoms with E-state index in [4.69, 9.17) is 11.6 Å². The van der Waals surface area contributed by atoms with E-state index in [-0.39, 0.29) is 0 Å². The molecule has 21 heavy (non-hydrogen) atoms. The first kappa shape index (κ1) is 14.4. The van der Waals surface area contributed by atoms with Crippen molar-refractivity contribution in [3.8, 4) is 0 Å². The zero-order valence-corrected chi connectivity index (χ0v) is 12.8. The molecule has 1 aromatic carbocycles. The Kier molecular flexibility index (Phi) is 4.73. The second-order valence-electron chi connectivity index (χ2n) is 5.38. The second-order valence-corrected chi connectivity index (χ2v) is 5.82. The van der Waals surface area contributed by atoms with Gasteiger partial charge in [-0.2, -0.15) is 0 Å². The number of hydrogen-bond acceptors (Lipinski definition) is 3. The van der Waals surface area contributed by atoms with Crippen LogP contribution in [-0.2, 0) is 6.42 Å². The first-order valence-electron chi connectivity index (χ1n) is 7.44. The second kappa shape index (κ2) is 6.92. The Balaban J connectivity index is 1.49. The molecule has 0 aliphatic carbocycles. The van der Waals surface area contributed by atoms with E-state index >= 15 is 0 Å². The average molecular weight is 302 g/mol. The molecule has 0 N–H and O–H groups in total. The fraction of sp³-hybridized carbons (Fsp3) is 0.353. The maximum absolute atomic E-state index is 6.07. The summed E-state index contributed by atoms with van der Waals surface area (Å²) in [5, 5.41) is 0.810. The van der Waals surface area contributed by atoms with Gasteiger partial charge in [-0.25, -0.2) is 0 Å². The summed E-state index contributed by atoms with van der Waals surface area (Å²) in [6.07, 6.45) is 2.89. The van der Waals surface area contributed by atoms with Crippen molar-refractivity contribution in [2.75, 3.05) is 37.6 Å². The lowest BCUT2D eigenvalue weighted by Gasteiger charge is -2.36. The van der Waals surface area contributed by atoms with Crippen LogP contribution < -0.4 is 4.90 Å². The fourth-order valence-corrected chi connectivity index (χ4v) is 2.91. The largest absolute Gasteiger partial charge is 0.369 e. The van der Waals surface area contributed by atoms with Crippen LogP contribution in [0.5, 0.6) is 0 Å². The molecule has 0 radical (unpaired) electrons. The molecular formula is C17H20ClN3. The van der Waals surface area contributed by atoms with E-state index in [9.17, 15) is 0 Å². The lowest BCUT2D eigenvalue weighted by molar-refractivity contribution is 0.260. The minimum absolute atomic E-state index is 0.810. The van der Waals surface area contributed by atoms with Crippen molar-refractivity contribution in [2.45, 2.75) is 6.42 Å². The smallest absolute Gasteiger partial charge is 0.0426 e. The van der Waals surface area contributed by atoms with Crippen LogP contribution >= 0.6 is 11.6 Å². The van der Waals surface area contributed by atoms with Gasteiger partial charge in [0.05, 0.1) is 0 Å². The van der Waals surface area contributed by atoms with Gasteiger partial charge in [0.15, 0.2) is 0 Å². The minimum atomic E-state index is 0.810. The van der Waals surface area contributed by atoms with Gasteiger partial charge in [0.25, 0.3) is 0 Å². The monoisotopic (exact) mass is 301 g/mol. The van der Waals surface area contributed by atoms with Gasteiger partial charge in [0.2, 0.25) is 0 Å². The van der Waals surface area contributed by atoms with Crippen molar-refractivity contribution in [3.05, 3.63) is 59.4 Å². The third kappa shape index (κ3) is 3.96. The number of benzene rings is 1. The lowest BCUT2D eigenvalue weighted by Crippen LogP contribution is -2.47. The summed E-state index contributed by atoms with van der Waals surface area (Å²) >= 11 is 6.07. The van der Waals surface area contributed by atoms with Gasteiger partial charge in [0.1, 0.15) is 0 Å². The zero-order valence-electron chi connectivity index (χ0n) is 12.1. The van der Waals surface area contributed by atoms with Crippen LogP contribution in [0.1, 0.15) is 5.69 Å². The summed E-state index contributed by atoms with van der Waals surface area (Å²) in [7, 11) is 0. The Morgan fingerprint density at radius 2 is 1.86 bits per heavy atom. The third-order valence-corrected chi connectivity index (χ3v) is 4.19. The van der Waals surface area contributed by atoms with E-state index in [0.29, 0.717) is 0 Å². The Labute approximate surface area is 131 Å². The van der Waals surface area contributed by atoms with Crippen LogP contribution in [-0.4, -0.2) is 42.6 Å². The maximum Gasteiger partial charge on any atom is 0.0426 e. The molecule has 4 heteroatoms. The van der Waals surface area contributed by atoms with Crippen molar-refractivity contribution >= 4 is 17.3 Å². The van der Waals surface area contributed by atoms with E-state index in [1.165, 1.54) is 11.4 Å². The average Bonchev–Trinajstić information content (AvgIpc) is 2.54. The van der Waals surface area contributed by atoms with Gasteiger partial charge in [-0.1, -0.05) is 23.7 Å².